The molecule has 0 aromatic heterocycles. The first-order valence-electron chi connectivity index (χ1n) is 10.5. The maximum absolute atomic E-state index is 13.3. The number of hydrogen-bond acceptors (Lipinski definition) is 3. The lowest BCUT2D eigenvalue weighted by atomic mass is 10.1. The smallest absolute Gasteiger partial charge is 0.255 e. The van der Waals surface area contributed by atoms with Crippen LogP contribution in [0.15, 0.2) is 102 Å². The lowest BCUT2D eigenvalue weighted by Gasteiger charge is -2.18. The Kier molecular flexibility index (Phi) is 8.08. The highest BCUT2D eigenvalue weighted by Gasteiger charge is 2.23. The third-order valence-corrected chi connectivity index (χ3v) is 6.83. The van der Waals surface area contributed by atoms with Crippen molar-refractivity contribution in [1.82, 2.24) is 0 Å². The van der Waals surface area contributed by atoms with E-state index in [0.717, 1.165) is 10.5 Å². The Labute approximate surface area is 216 Å². The SMILES string of the molecule is O=C(Nc1ccc(SC(C(=O)Nc2cc(Cl)ccc2Cl)c2ccccc2)cc1)c1ccc(F)cc1. The first kappa shape index (κ1) is 24.8. The van der Waals surface area contributed by atoms with E-state index in [4.69, 9.17) is 23.2 Å². The standard InChI is InChI=1S/C27H19Cl2FN2O2S/c28-19-8-15-23(29)24(16-19)32-27(34)25(17-4-2-1-3-5-17)35-22-13-11-21(12-14-22)31-26(33)18-6-9-20(30)10-7-18/h1-16,25H,(H,31,33)(H,32,34). The molecule has 0 saturated heterocycles. The molecule has 2 N–H and O–H groups in total. The van der Waals surface area contributed by atoms with Gasteiger partial charge in [0, 0.05) is 21.2 Å². The van der Waals surface area contributed by atoms with E-state index in [0.29, 0.717) is 27.0 Å². The van der Waals surface area contributed by atoms with Gasteiger partial charge in [-0.2, -0.15) is 0 Å². The third-order valence-electron chi connectivity index (χ3n) is 5.00. The molecular formula is C27H19Cl2FN2O2S. The molecule has 4 aromatic carbocycles. The van der Waals surface area contributed by atoms with Gasteiger partial charge in [0.15, 0.2) is 0 Å². The van der Waals surface area contributed by atoms with Gasteiger partial charge in [-0.05, 0) is 72.3 Å². The van der Waals surface area contributed by atoms with E-state index in [9.17, 15) is 14.0 Å². The van der Waals surface area contributed by atoms with Crippen LogP contribution in [0.3, 0.4) is 0 Å². The molecule has 0 spiro atoms. The van der Waals surface area contributed by atoms with E-state index in [1.54, 1.807) is 30.3 Å². The quantitative estimate of drug-likeness (QED) is 0.242. The number of rotatable bonds is 7. The number of benzene rings is 4. The van der Waals surface area contributed by atoms with Crippen LogP contribution in [0.25, 0.3) is 0 Å². The number of amides is 2. The number of thioether (sulfide) groups is 1. The van der Waals surface area contributed by atoms with Gasteiger partial charge in [-0.15, -0.1) is 11.8 Å². The van der Waals surface area contributed by atoms with Gasteiger partial charge in [0.25, 0.3) is 5.91 Å². The lowest BCUT2D eigenvalue weighted by molar-refractivity contribution is -0.115. The van der Waals surface area contributed by atoms with E-state index in [1.807, 2.05) is 42.5 Å². The van der Waals surface area contributed by atoms with E-state index in [2.05, 4.69) is 10.6 Å². The van der Waals surface area contributed by atoms with Gasteiger partial charge in [0.05, 0.1) is 10.7 Å². The van der Waals surface area contributed by atoms with Crippen molar-refractivity contribution in [3.63, 3.8) is 0 Å². The summed E-state index contributed by atoms with van der Waals surface area (Å²) in [4.78, 5) is 26.5. The third kappa shape index (κ3) is 6.63. The summed E-state index contributed by atoms with van der Waals surface area (Å²) in [5.74, 6) is -0.998. The van der Waals surface area contributed by atoms with Crippen molar-refractivity contribution < 1.29 is 14.0 Å². The summed E-state index contributed by atoms with van der Waals surface area (Å²) in [6, 6.07) is 26.7. The van der Waals surface area contributed by atoms with Crippen LogP contribution in [0.1, 0.15) is 21.2 Å². The Morgan fingerprint density at radius 3 is 2.17 bits per heavy atom. The van der Waals surface area contributed by atoms with Crippen molar-refractivity contribution in [3.8, 4) is 0 Å². The average molecular weight is 525 g/mol. The van der Waals surface area contributed by atoms with Crippen LogP contribution < -0.4 is 10.6 Å². The molecule has 176 valence electrons. The Morgan fingerprint density at radius 1 is 0.800 bits per heavy atom. The predicted octanol–water partition coefficient (Wildman–Crippen LogP) is 7.86. The molecule has 1 atom stereocenters. The molecular weight excluding hydrogens is 506 g/mol. The zero-order valence-corrected chi connectivity index (χ0v) is 20.5. The summed E-state index contributed by atoms with van der Waals surface area (Å²) < 4.78 is 13.1. The van der Waals surface area contributed by atoms with E-state index in [-0.39, 0.29) is 11.8 Å². The van der Waals surface area contributed by atoms with Gasteiger partial charge >= 0.3 is 0 Å². The molecule has 0 radical (unpaired) electrons. The minimum absolute atomic E-state index is 0.251. The Bertz CT molecular complexity index is 1330. The predicted molar refractivity (Wildman–Crippen MR) is 141 cm³/mol. The van der Waals surface area contributed by atoms with Crippen molar-refractivity contribution in [2.75, 3.05) is 10.6 Å². The Hall–Kier alpha value is -3.32. The van der Waals surface area contributed by atoms with Gasteiger partial charge in [-0.3, -0.25) is 9.59 Å². The topological polar surface area (TPSA) is 58.2 Å². The van der Waals surface area contributed by atoms with Crippen molar-refractivity contribution in [3.05, 3.63) is 124 Å². The van der Waals surface area contributed by atoms with E-state index in [1.165, 1.54) is 36.0 Å². The number of hydrogen-bond donors (Lipinski definition) is 2. The highest BCUT2D eigenvalue weighted by Crippen LogP contribution is 2.37. The molecule has 4 nitrogen and oxygen atoms in total. The Morgan fingerprint density at radius 2 is 1.49 bits per heavy atom. The zero-order chi connectivity index (χ0) is 24.8. The summed E-state index contributed by atoms with van der Waals surface area (Å²) in [5.41, 5.74) is 2.19. The second kappa shape index (κ2) is 11.4. The van der Waals surface area contributed by atoms with Crippen LogP contribution in [0.4, 0.5) is 15.8 Å². The molecule has 0 fully saturated rings. The minimum atomic E-state index is -0.564. The van der Waals surface area contributed by atoms with Crippen molar-refractivity contribution >= 4 is 58.2 Å². The van der Waals surface area contributed by atoms with Gasteiger partial charge in [0.2, 0.25) is 5.91 Å². The molecule has 35 heavy (non-hydrogen) atoms. The average Bonchev–Trinajstić information content (AvgIpc) is 2.86. The zero-order valence-electron chi connectivity index (χ0n) is 18.2. The number of nitrogens with one attached hydrogen (secondary N) is 2. The maximum atomic E-state index is 13.3. The molecule has 0 aliphatic rings. The summed E-state index contributed by atoms with van der Waals surface area (Å²) in [6.45, 7) is 0. The van der Waals surface area contributed by atoms with Gasteiger partial charge in [-0.25, -0.2) is 4.39 Å². The van der Waals surface area contributed by atoms with Crippen molar-refractivity contribution in [2.24, 2.45) is 0 Å². The molecule has 0 bridgehead atoms. The molecule has 8 heteroatoms. The van der Waals surface area contributed by atoms with Gasteiger partial charge in [0.1, 0.15) is 11.1 Å². The second-order valence-electron chi connectivity index (χ2n) is 7.51. The number of carbonyl (C=O) groups excluding carboxylic acids is 2. The number of anilines is 2. The van der Waals surface area contributed by atoms with Crippen molar-refractivity contribution in [2.45, 2.75) is 10.1 Å². The fourth-order valence-corrected chi connectivity index (χ4v) is 4.61. The van der Waals surface area contributed by atoms with Crippen LogP contribution in [0.5, 0.6) is 0 Å². The number of halogens is 3. The minimum Gasteiger partial charge on any atom is -0.323 e. The van der Waals surface area contributed by atoms with Gasteiger partial charge < -0.3 is 10.6 Å². The molecule has 0 aliphatic heterocycles. The number of carbonyl (C=O) groups is 2. The van der Waals surface area contributed by atoms with E-state index < -0.39 is 11.1 Å². The molecule has 1 unspecified atom stereocenters. The molecule has 4 rings (SSSR count). The summed E-state index contributed by atoms with van der Waals surface area (Å²) >= 11 is 13.7. The Balaban J connectivity index is 1.50. The molecule has 4 aromatic rings. The summed E-state index contributed by atoms with van der Waals surface area (Å²) in [6.07, 6.45) is 0. The molecule has 0 aliphatic carbocycles. The van der Waals surface area contributed by atoms with Crippen LogP contribution in [0, 0.1) is 5.82 Å². The normalized spacial score (nSPS) is 11.5. The first-order valence-corrected chi connectivity index (χ1v) is 12.2. The van der Waals surface area contributed by atoms with Crippen LogP contribution in [0.2, 0.25) is 10.0 Å². The van der Waals surface area contributed by atoms with Crippen LogP contribution >= 0.6 is 35.0 Å². The highest BCUT2D eigenvalue weighted by molar-refractivity contribution is 8.00. The molecule has 0 heterocycles. The fraction of sp³-hybridized carbons (Fsp3) is 0.0370. The van der Waals surface area contributed by atoms with Crippen molar-refractivity contribution in [1.29, 1.82) is 0 Å². The lowest BCUT2D eigenvalue weighted by Crippen LogP contribution is -2.19. The first-order chi connectivity index (χ1) is 16.9. The summed E-state index contributed by atoms with van der Waals surface area (Å²) in [5, 5.41) is 5.94. The highest BCUT2D eigenvalue weighted by atomic mass is 35.5. The molecule has 0 saturated carbocycles. The maximum Gasteiger partial charge on any atom is 0.255 e. The second-order valence-corrected chi connectivity index (χ2v) is 9.53. The van der Waals surface area contributed by atoms with E-state index >= 15 is 0 Å². The monoisotopic (exact) mass is 524 g/mol. The van der Waals surface area contributed by atoms with Crippen LogP contribution in [-0.2, 0) is 4.79 Å². The molecule has 2 amide bonds. The van der Waals surface area contributed by atoms with Gasteiger partial charge in [-0.1, -0.05) is 53.5 Å². The van der Waals surface area contributed by atoms with Crippen LogP contribution in [-0.4, -0.2) is 11.8 Å². The largest absolute Gasteiger partial charge is 0.323 e. The summed E-state index contributed by atoms with van der Waals surface area (Å²) in [7, 11) is 0. The fourth-order valence-electron chi connectivity index (χ4n) is 3.25.